The average Bonchev–Trinajstić information content (AvgIpc) is 3.35. The van der Waals surface area contributed by atoms with E-state index in [0.717, 1.165) is 10.4 Å². The van der Waals surface area contributed by atoms with Crippen molar-refractivity contribution in [1.29, 1.82) is 0 Å². The predicted molar refractivity (Wildman–Crippen MR) is 125 cm³/mol. The van der Waals surface area contributed by atoms with E-state index in [-0.39, 0.29) is 23.6 Å². The molecular weight excluding hydrogens is 426 g/mol. The molecule has 0 saturated carbocycles. The van der Waals surface area contributed by atoms with Crippen LogP contribution in [-0.2, 0) is 9.53 Å². The Labute approximate surface area is 193 Å². The van der Waals surface area contributed by atoms with Gasteiger partial charge in [-0.1, -0.05) is 23.8 Å². The first-order valence-corrected chi connectivity index (χ1v) is 11.8. The number of aryl methyl sites for hydroxylation is 1. The number of likely N-dealkylation sites (tertiary alicyclic amines) is 1. The van der Waals surface area contributed by atoms with Crippen molar-refractivity contribution < 1.29 is 19.1 Å². The second-order valence-electron chi connectivity index (χ2n) is 8.06. The molecule has 2 aromatic rings. The molecule has 1 aromatic carbocycles. The van der Waals surface area contributed by atoms with Gasteiger partial charge >= 0.3 is 0 Å². The second-order valence-corrected chi connectivity index (χ2v) is 9.01. The molecule has 0 spiro atoms. The quantitative estimate of drug-likeness (QED) is 0.567. The van der Waals surface area contributed by atoms with Gasteiger partial charge in [0, 0.05) is 38.9 Å². The Morgan fingerprint density at radius 1 is 1.16 bits per heavy atom. The van der Waals surface area contributed by atoms with Crippen molar-refractivity contribution in [3.8, 4) is 0 Å². The van der Waals surface area contributed by atoms with Gasteiger partial charge in [0.1, 0.15) is 6.04 Å². The molecule has 1 saturated heterocycles. The average molecular weight is 458 g/mol. The molecule has 1 fully saturated rings. The number of nitrogens with one attached hydrogen (secondary N) is 2. The topological polar surface area (TPSA) is 87.7 Å². The van der Waals surface area contributed by atoms with Gasteiger partial charge in [0.25, 0.3) is 11.8 Å². The van der Waals surface area contributed by atoms with Crippen molar-refractivity contribution in [3.05, 3.63) is 57.8 Å². The Balaban J connectivity index is 1.65. The van der Waals surface area contributed by atoms with E-state index in [1.807, 2.05) is 41.5 Å². The molecule has 7 nitrogen and oxygen atoms in total. The summed E-state index contributed by atoms with van der Waals surface area (Å²) in [6.45, 7) is 4.14. The fourth-order valence-electron chi connectivity index (χ4n) is 3.86. The maximum Gasteiger partial charge on any atom is 0.263 e. The molecule has 0 aliphatic carbocycles. The second kappa shape index (κ2) is 11.8. The minimum Gasteiger partial charge on any atom is -0.385 e. The van der Waals surface area contributed by atoms with Crippen LogP contribution in [0, 0.1) is 12.8 Å². The van der Waals surface area contributed by atoms with E-state index in [1.165, 1.54) is 11.3 Å². The minimum atomic E-state index is -0.648. The van der Waals surface area contributed by atoms with Crippen molar-refractivity contribution >= 4 is 29.1 Å². The molecule has 0 unspecified atom stereocenters. The molecular formula is C24H31N3O4S. The van der Waals surface area contributed by atoms with E-state index < -0.39 is 6.04 Å². The van der Waals surface area contributed by atoms with Crippen molar-refractivity contribution in [2.45, 2.75) is 32.2 Å². The molecule has 172 valence electrons. The first-order chi connectivity index (χ1) is 15.5. The molecule has 1 aliphatic rings. The highest BCUT2D eigenvalue weighted by Crippen LogP contribution is 2.24. The SMILES string of the molecule is COCCCNC(=O)[C@H](NC(=O)c1ccc(C)cc1)C1CCN(C(=O)c2cccs2)CC1. The zero-order chi connectivity index (χ0) is 22.9. The number of piperidine rings is 1. The third kappa shape index (κ3) is 6.40. The molecule has 2 N–H and O–H groups in total. The van der Waals surface area contributed by atoms with Gasteiger partial charge in [-0.15, -0.1) is 11.3 Å². The van der Waals surface area contributed by atoms with Gasteiger partial charge in [0.2, 0.25) is 5.91 Å². The van der Waals surface area contributed by atoms with Gasteiger partial charge in [-0.05, 0) is 55.7 Å². The van der Waals surface area contributed by atoms with Crippen LogP contribution in [0.5, 0.6) is 0 Å². The molecule has 1 aliphatic heterocycles. The Morgan fingerprint density at radius 2 is 1.88 bits per heavy atom. The van der Waals surface area contributed by atoms with Gasteiger partial charge in [0.05, 0.1) is 4.88 Å². The third-order valence-corrected chi connectivity index (χ3v) is 6.60. The minimum absolute atomic E-state index is 0.0303. The fourth-order valence-corrected chi connectivity index (χ4v) is 4.55. The lowest BCUT2D eigenvalue weighted by atomic mass is 9.88. The number of hydrogen-bond donors (Lipinski definition) is 2. The van der Waals surface area contributed by atoms with Crippen molar-refractivity contribution in [1.82, 2.24) is 15.5 Å². The van der Waals surface area contributed by atoms with E-state index in [4.69, 9.17) is 4.74 Å². The summed E-state index contributed by atoms with van der Waals surface area (Å²) < 4.78 is 5.04. The molecule has 3 rings (SSSR count). The third-order valence-electron chi connectivity index (χ3n) is 5.74. The number of thiophene rings is 1. The number of carbonyl (C=O) groups is 3. The van der Waals surface area contributed by atoms with Crippen LogP contribution in [0.4, 0.5) is 0 Å². The Hall–Kier alpha value is -2.71. The first kappa shape index (κ1) is 23.9. The molecule has 3 amide bonds. The van der Waals surface area contributed by atoms with Gasteiger partial charge < -0.3 is 20.3 Å². The smallest absolute Gasteiger partial charge is 0.263 e. The lowest BCUT2D eigenvalue weighted by Crippen LogP contribution is -2.54. The van der Waals surface area contributed by atoms with Gasteiger partial charge in [-0.3, -0.25) is 14.4 Å². The van der Waals surface area contributed by atoms with E-state index in [1.54, 1.807) is 19.2 Å². The zero-order valence-corrected chi connectivity index (χ0v) is 19.5. The maximum absolute atomic E-state index is 13.0. The summed E-state index contributed by atoms with van der Waals surface area (Å²) in [5, 5.41) is 7.77. The summed E-state index contributed by atoms with van der Waals surface area (Å²) in [6.07, 6.45) is 2.01. The highest BCUT2D eigenvalue weighted by atomic mass is 32.1. The Bertz CT molecular complexity index is 890. The summed E-state index contributed by atoms with van der Waals surface area (Å²) >= 11 is 1.43. The van der Waals surface area contributed by atoms with E-state index in [0.29, 0.717) is 51.1 Å². The van der Waals surface area contributed by atoms with Crippen LogP contribution in [-0.4, -0.2) is 62.0 Å². The van der Waals surface area contributed by atoms with Crippen LogP contribution in [0.1, 0.15) is 44.9 Å². The number of carbonyl (C=O) groups excluding carboxylic acids is 3. The standard InChI is InChI=1S/C24H31N3O4S/c1-17-6-8-19(9-7-17)22(28)26-21(23(29)25-12-4-15-31-2)18-10-13-27(14-11-18)24(30)20-5-3-16-32-20/h3,5-9,16,18,21H,4,10-15H2,1-2H3,(H,25,29)(H,26,28)/t21-/m1/s1. The van der Waals surface area contributed by atoms with Crippen LogP contribution in [0.15, 0.2) is 41.8 Å². The van der Waals surface area contributed by atoms with E-state index >= 15 is 0 Å². The number of nitrogens with zero attached hydrogens (tertiary/aromatic N) is 1. The van der Waals surface area contributed by atoms with Crippen LogP contribution in [0.3, 0.4) is 0 Å². The van der Waals surface area contributed by atoms with Gasteiger partial charge in [0.15, 0.2) is 0 Å². The lowest BCUT2D eigenvalue weighted by molar-refractivity contribution is -0.124. The van der Waals surface area contributed by atoms with Crippen LogP contribution < -0.4 is 10.6 Å². The molecule has 2 heterocycles. The summed E-state index contributed by atoms with van der Waals surface area (Å²) in [6, 6.07) is 10.3. The summed E-state index contributed by atoms with van der Waals surface area (Å²) in [4.78, 5) is 41.0. The first-order valence-electron chi connectivity index (χ1n) is 11.0. The van der Waals surface area contributed by atoms with Gasteiger partial charge in [-0.2, -0.15) is 0 Å². The summed E-state index contributed by atoms with van der Waals surface area (Å²) in [5.41, 5.74) is 1.59. The maximum atomic E-state index is 13.0. The predicted octanol–water partition coefficient (Wildman–Crippen LogP) is 2.86. The van der Waals surface area contributed by atoms with Crippen LogP contribution in [0.2, 0.25) is 0 Å². The molecule has 8 heteroatoms. The highest BCUT2D eigenvalue weighted by molar-refractivity contribution is 7.12. The normalized spacial score (nSPS) is 15.2. The zero-order valence-electron chi connectivity index (χ0n) is 18.6. The van der Waals surface area contributed by atoms with E-state index in [9.17, 15) is 14.4 Å². The van der Waals surface area contributed by atoms with E-state index in [2.05, 4.69) is 10.6 Å². The number of benzene rings is 1. The molecule has 0 radical (unpaired) electrons. The largest absolute Gasteiger partial charge is 0.385 e. The number of ether oxygens (including phenoxy) is 1. The van der Waals surface area contributed by atoms with Gasteiger partial charge in [-0.25, -0.2) is 0 Å². The summed E-state index contributed by atoms with van der Waals surface area (Å²) in [7, 11) is 1.62. The lowest BCUT2D eigenvalue weighted by Gasteiger charge is -2.35. The van der Waals surface area contributed by atoms with Crippen molar-refractivity contribution in [2.24, 2.45) is 5.92 Å². The Kier molecular flexibility index (Phi) is 8.81. The molecule has 1 atom stereocenters. The Morgan fingerprint density at radius 3 is 2.50 bits per heavy atom. The number of amides is 3. The fraction of sp³-hybridized carbons (Fsp3) is 0.458. The summed E-state index contributed by atoms with van der Waals surface area (Å²) in [5.74, 6) is -0.467. The monoisotopic (exact) mass is 457 g/mol. The number of methoxy groups -OCH3 is 1. The molecule has 1 aromatic heterocycles. The van der Waals surface area contributed by atoms with Crippen LogP contribution in [0.25, 0.3) is 0 Å². The number of hydrogen-bond acceptors (Lipinski definition) is 5. The molecule has 32 heavy (non-hydrogen) atoms. The van der Waals surface area contributed by atoms with Crippen molar-refractivity contribution in [3.63, 3.8) is 0 Å². The molecule has 0 bridgehead atoms. The number of rotatable bonds is 9. The highest BCUT2D eigenvalue weighted by Gasteiger charge is 2.34. The van der Waals surface area contributed by atoms with Crippen LogP contribution >= 0.6 is 11.3 Å². The van der Waals surface area contributed by atoms with Crippen molar-refractivity contribution in [2.75, 3.05) is 33.4 Å².